The molecule has 2 heterocycles. The van der Waals surface area contributed by atoms with Crippen LogP contribution in [0.15, 0.2) is 66.7 Å². The van der Waals surface area contributed by atoms with Gasteiger partial charge in [0.25, 0.3) is 0 Å². The molecule has 190 valence electrons. The van der Waals surface area contributed by atoms with E-state index in [0.717, 1.165) is 63.8 Å². The van der Waals surface area contributed by atoms with Crippen molar-refractivity contribution in [2.24, 2.45) is 0 Å². The van der Waals surface area contributed by atoms with Gasteiger partial charge in [-0.2, -0.15) is 0 Å². The molecule has 2 aliphatic heterocycles. The van der Waals surface area contributed by atoms with Gasteiger partial charge >= 0.3 is 0 Å². The zero-order valence-corrected chi connectivity index (χ0v) is 21.2. The molecule has 0 saturated carbocycles. The Morgan fingerprint density at radius 3 is 2.39 bits per heavy atom. The zero-order chi connectivity index (χ0) is 25.0. The van der Waals surface area contributed by atoms with Gasteiger partial charge in [0, 0.05) is 32.1 Å². The third-order valence-corrected chi connectivity index (χ3v) is 6.97. The molecule has 36 heavy (non-hydrogen) atoms. The topological polar surface area (TPSA) is 55.7 Å². The summed E-state index contributed by atoms with van der Waals surface area (Å²) < 4.78 is 2.40. The molecule has 0 spiro atoms. The second kappa shape index (κ2) is 13.6. The zero-order valence-electron chi connectivity index (χ0n) is 21.2. The Labute approximate surface area is 215 Å². The number of carbonyl (C=O) groups excluding carboxylic acids is 2. The van der Waals surface area contributed by atoms with Gasteiger partial charge in [0.1, 0.15) is 6.04 Å². The van der Waals surface area contributed by atoms with Gasteiger partial charge in [0.05, 0.1) is 26.1 Å². The fourth-order valence-corrected chi connectivity index (χ4v) is 5.00. The van der Waals surface area contributed by atoms with Gasteiger partial charge in [0.2, 0.25) is 18.2 Å². The first-order valence-corrected chi connectivity index (χ1v) is 13.4. The maximum Gasteiger partial charge on any atom is 0.246 e. The van der Waals surface area contributed by atoms with E-state index in [0.29, 0.717) is 19.5 Å². The van der Waals surface area contributed by atoms with Crippen molar-refractivity contribution in [2.45, 2.75) is 44.6 Å². The molecule has 0 radical (unpaired) electrons. The van der Waals surface area contributed by atoms with E-state index in [-0.39, 0.29) is 17.9 Å². The van der Waals surface area contributed by atoms with Crippen LogP contribution in [0, 0.1) is 0 Å². The number of nitrogens with one attached hydrogen (secondary N) is 1. The SMILES string of the molecule is O=C1C[C@@H](c2ccccc2)N2C=[N+](CCCCCN(C(=O)/C=C/c3ccccc3)CCCN1)CCC2. The lowest BCUT2D eigenvalue weighted by Crippen LogP contribution is -2.41. The highest BCUT2D eigenvalue weighted by Gasteiger charge is 2.29. The van der Waals surface area contributed by atoms with Crippen molar-refractivity contribution in [2.75, 3.05) is 39.3 Å². The molecule has 4 rings (SSSR count). The lowest BCUT2D eigenvalue weighted by atomic mass is 10.0. The minimum Gasteiger partial charge on any atom is -0.356 e. The molecule has 0 saturated heterocycles. The van der Waals surface area contributed by atoms with Crippen LogP contribution in [-0.2, 0) is 9.59 Å². The Bertz CT molecular complexity index is 1040. The average Bonchev–Trinajstić information content (AvgIpc) is 2.92. The summed E-state index contributed by atoms with van der Waals surface area (Å²) in [5.41, 5.74) is 2.20. The van der Waals surface area contributed by atoms with Crippen LogP contribution < -0.4 is 5.32 Å². The molecule has 2 aromatic rings. The number of fused-ring (bicyclic) bond motifs is 1. The molecule has 2 amide bonds. The third kappa shape index (κ3) is 7.80. The molecule has 0 unspecified atom stereocenters. The molecule has 6 nitrogen and oxygen atoms in total. The molecule has 1 N–H and O–H groups in total. The van der Waals surface area contributed by atoms with E-state index in [9.17, 15) is 9.59 Å². The lowest BCUT2D eigenvalue weighted by Gasteiger charge is -2.28. The maximum atomic E-state index is 13.0. The molecule has 0 fully saturated rings. The summed E-state index contributed by atoms with van der Waals surface area (Å²) in [7, 11) is 0. The first kappa shape index (κ1) is 25.7. The van der Waals surface area contributed by atoms with Gasteiger partial charge < -0.3 is 10.2 Å². The van der Waals surface area contributed by atoms with E-state index in [4.69, 9.17) is 0 Å². The van der Waals surface area contributed by atoms with Crippen LogP contribution in [0.25, 0.3) is 6.08 Å². The van der Waals surface area contributed by atoms with Crippen molar-refractivity contribution in [3.8, 4) is 0 Å². The number of nitrogens with zero attached hydrogens (tertiary/aromatic N) is 3. The predicted octanol–water partition coefficient (Wildman–Crippen LogP) is 4.10. The highest BCUT2D eigenvalue weighted by molar-refractivity contribution is 5.91. The number of hydrogen-bond donors (Lipinski definition) is 1. The summed E-state index contributed by atoms with van der Waals surface area (Å²) in [4.78, 5) is 30.2. The normalized spacial score (nSPS) is 20.6. The Morgan fingerprint density at radius 2 is 1.58 bits per heavy atom. The van der Waals surface area contributed by atoms with Gasteiger partial charge in [-0.25, -0.2) is 0 Å². The van der Waals surface area contributed by atoms with Crippen LogP contribution in [0.5, 0.6) is 0 Å². The minimum absolute atomic E-state index is 0.0307. The number of hydrogen-bond acceptors (Lipinski definition) is 3. The predicted molar refractivity (Wildman–Crippen MR) is 145 cm³/mol. The second-order valence-electron chi connectivity index (χ2n) is 9.71. The van der Waals surface area contributed by atoms with Gasteiger partial charge in [-0.05, 0) is 42.9 Å². The Balaban J connectivity index is 1.43. The minimum atomic E-state index is 0.0307. The first-order valence-electron chi connectivity index (χ1n) is 13.4. The Morgan fingerprint density at radius 1 is 0.861 bits per heavy atom. The summed E-state index contributed by atoms with van der Waals surface area (Å²) in [6.45, 7) is 4.99. The highest BCUT2D eigenvalue weighted by atomic mass is 16.2. The van der Waals surface area contributed by atoms with E-state index in [2.05, 4.69) is 33.3 Å². The maximum absolute atomic E-state index is 13.0. The molecule has 2 aromatic carbocycles. The van der Waals surface area contributed by atoms with Crippen LogP contribution in [-0.4, -0.2) is 71.8 Å². The fraction of sp³-hybridized carbons (Fsp3) is 0.433. The van der Waals surface area contributed by atoms with Crippen LogP contribution in [0.4, 0.5) is 0 Å². The van der Waals surface area contributed by atoms with E-state index in [1.807, 2.05) is 59.5 Å². The molecule has 0 aromatic heterocycles. The Hall–Kier alpha value is -3.41. The second-order valence-corrected chi connectivity index (χ2v) is 9.71. The number of amides is 2. The molecular formula is C30H39N4O2+. The van der Waals surface area contributed by atoms with Crippen LogP contribution in [0.3, 0.4) is 0 Å². The van der Waals surface area contributed by atoms with E-state index in [1.54, 1.807) is 6.08 Å². The van der Waals surface area contributed by atoms with Crippen molar-refractivity contribution in [1.29, 1.82) is 0 Å². The molecule has 1 atom stereocenters. The van der Waals surface area contributed by atoms with Crippen molar-refractivity contribution in [1.82, 2.24) is 15.1 Å². The average molecular weight is 488 g/mol. The van der Waals surface area contributed by atoms with Crippen molar-refractivity contribution in [3.63, 3.8) is 0 Å². The summed E-state index contributed by atoms with van der Waals surface area (Å²) in [5.74, 6) is 0.0961. The Kier molecular flexibility index (Phi) is 9.71. The summed E-state index contributed by atoms with van der Waals surface area (Å²) in [6.07, 6.45) is 11.2. The van der Waals surface area contributed by atoms with Crippen LogP contribution in [0.2, 0.25) is 0 Å². The molecule has 0 aliphatic carbocycles. The molecule has 2 aliphatic rings. The summed E-state index contributed by atoms with van der Waals surface area (Å²) >= 11 is 0. The van der Waals surface area contributed by atoms with Gasteiger partial charge in [0.15, 0.2) is 0 Å². The van der Waals surface area contributed by atoms with Gasteiger partial charge in [-0.3, -0.25) is 19.1 Å². The third-order valence-electron chi connectivity index (χ3n) is 6.97. The fourth-order valence-electron chi connectivity index (χ4n) is 5.00. The van der Waals surface area contributed by atoms with Crippen LogP contribution >= 0.6 is 0 Å². The van der Waals surface area contributed by atoms with Crippen molar-refractivity contribution in [3.05, 3.63) is 77.9 Å². The summed E-state index contributed by atoms with van der Waals surface area (Å²) in [5, 5.41) is 3.11. The number of rotatable bonds is 3. The monoisotopic (exact) mass is 487 g/mol. The first-order chi connectivity index (χ1) is 17.7. The molecular weight excluding hydrogens is 448 g/mol. The van der Waals surface area contributed by atoms with Crippen molar-refractivity contribution < 1.29 is 14.2 Å². The lowest BCUT2D eigenvalue weighted by molar-refractivity contribution is -0.534. The number of carbonyl (C=O) groups is 2. The smallest absolute Gasteiger partial charge is 0.246 e. The van der Waals surface area contributed by atoms with Crippen LogP contribution in [0.1, 0.15) is 55.7 Å². The standard InChI is InChI=1S/C30H38N4O2/c35-29-24-28(27-14-6-2-7-15-27)34-23-11-20-32(25-34)19-8-3-9-21-33(22-10-18-31-29)30(36)17-16-26-12-4-1-5-13-26/h1-2,4-7,12-17,25,28H,3,8-11,18-24H2/p+1/b17-16+/t28-/m0/s1. The quantitative estimate of drug-likeness (QED) is 0.524. The van der Waals surface area contributed by atoms with E-state index < -0.39 is 0 Å². The van der Waals surface area contributed by atoms with E-state index >= 15 is 0 Å². The molecule has 2 bridgehead atoms. The number of benzene rings is 2. The largest absolute Gasteiger partial charge is 0.356 e. The van der Waals surface area contributed by atoms with Gasteiger partial charge in [-0.15, -0.1) is 0 Å². The highest BCUT2D eigenvalue weighted by Crippen LogP contribution is 2.24. The van der Waals surface area contributed by atoms with E-state index in [1.165, 1.54) is 5.56 Å². The van der Waals surface area contributed by atoms with Crippen molar-refractivity contribution >= 4 is 24.2 Å². The van der Waals surface area contributed by atoms with Gasteiger partial charge in [-0.1, -0.05) is 60.7 Å². The summed E-state index contributed by atoms with van der Waals surface area (Å²) in [6, 6.07) is 20.3. The molecule has 6 heteroatoms.